The van der Waals surface area contributed by atoms with Crippen LogP contribution in [0.1, 0.15) is 27.2 Å². The van der Waals surface area contributed by atoms with Crippen molar-refractivity contribution in [2.45, 2.75) is 32.7 Å². The molecule has 0 spiro atoms. The van der Waals surface area contributed by atoms with E-state index < -0.39 is 47.4 Å². The highest BCUT2D eigenvalue weighted by Crippen LogP contribution is 2.29. The van der Waals surface area contributed by atoms with Gasteiger partial charge in [0, 0.05) is 0 Å². The molecule has 1 aromatic rings. The van der Waals surface area contributed by atoms with Crippen LogP contribution in [-0.4, -0.2) is 58.9 Å². The maximum Gasteiger partial charge on any atom is 0.326 e. The Morgan fingerprint density at radius 2 is 2.00 bits per heavy atom. The van der Waals surface area contributed by atoms with E-state index >= 15 is 0 Å². The van der Waals surface area contributed by atoms with Crippen LogP contribution < -0.4 is 15.4 Å². The number of hydrogen-bond donors (Lipinski definition) is 2. The molecule has 30 heavy (non-hydrogen) atoms. The number of nitro groups is 1. The molecule has 2 rings (SSSR count). The number of esters is 1. The lowest BCUT2D eigenvalue weighted by molar-refractivity contribution is -0.384. The van der Waals surface area contributed by atoms with Crippen LogP contribution in [0.4, 0.5) is 16.2 Å². The van der Waals surface area contributed by atoms with E-state index in [1.807, 2.05) is 0 Å². The van der Waals surface area contributed by atoms with Crippen molar-refractivity contribution in [3.63, 3.8) is 0 Å². The van der Waals surface area contributed by atoms with Gasteiger partial charge < -0.3 is 20.1 Å². The van der Waals surface area contributed by atoms with Gasteiger partial charge in [-0.3, -0.25) is 29.4 Å². The lowest BCUT2D eigenvalue weighted by atomic mass is 9.99. The first-order valence-electron chi connectivity index (χ1n) is 9.12. The number of nitro benzene ring substituents is 1. The number of carbonyl (C=O) groups excluding carboxylic acids is 4. The average molecular weight is 422 g/mol. The maximum absolute atomic E-state index is 12.2. The van der Waals surface area contributed by atoms with Gasteiger partial charge in [-0.1, -0.05) is 6.92 Å². The first-order valence-corrected chi connectivity index (χ1v) is 9.12. The van der Waals surface area contributed by atoms with Gasteiger partial charge in [0.15, 0.2) is 6.61 Å². The molecule has 12 heteroatoms. The van der Waals surface area contributed by atoms with Crippen LogP contribution in [0.25, 0.3) is 0 Å². The van der Waals surface area contributed by atoms with Gasteiger partial charge >= 0.3 is 12.0 Å². The summed E-state index contributed by atoms with van der Waals surface area (Å²) in [6, 6.07) is 3.17. The number of imide groups is 1. The predicted molar refractivity (Wildman–Crippen MR) is 103 cm³/mol. The third kappa shape index (κ3) is 5.01. The van der Waals surface area contributed by atoms with Gasteiger partial charge in [0.2, 0.25) is 0 Å². The number of nitrogens with one attached hydrogen (secondary N) is 2. The Labute approximate surface area is 171 Å². The standard InChI is InChI=1S/C18H22N4O8/c1-4-18(3)16(25)21(17(26)20-18)9-15(24)30-10-14(23)19-12-7-6-11(29-5-2)8-13(12)22(27)28/h6-8H,4-5,9-10H2,1-3H3,(H,19,23)(H,20,26). The van der Waals surface area contributed by atoms with E-state index in [1.165, 1.54) is 19.1 Å². The van der Waals surface area contributed by atoms with Crippen LogP contribution in [-0.2, 0) is 19.1 Å². The number of urea groups is 1. The molecule has 4 amide bonds. The van der Waals surface area contributed by atoms with Crippen molar-refractivity contribution in [1.82, 2.24) is 10.2 Å². The highest BCUT2D eigenvalue weighted by Gasteiger charge is 2.47. The highest BCUT2D eigenvalue weighted by molar-refractivity contribution is 6.08. The molecule has 1 heterocycles. The van der Waals surface area contributed by atoms with Crippen LogP contribution in [0, 0.1) is 10.1 Å². The topological polar surface area (TPSA) is 157 Å². The molecule has 0 aliphatic carbocycles. The average Bonchev–Trinajstić information content (AvgIpc) is 2.91. The van der Waals surface area contributed by atoms with E-state index in [0.717, 1.165) is 6.07 Å². The quantitative estimate of drug-likeness (QED) is 0.260. The van der Waals surface area contributed by atoms with Gasteiger partial charge in [-0.25, -0.2) is 4.79 Å². The van der Waals surface area contributed by atoms with Crippen molar-refractivity contribution >= 4 is 35.2 Å². The summed E-state index contributed by atoms with van der Waals surface area (Å²) in [7, 11) is 0. The van der Waals surface area contributed by atoms with Gasteiger partial charge in [-0.15, -0.1) is 0 Å². The molecule has 1 aliphatic rings. The van der Waals surface area contributed by atoms with E-state index in [-0.39, 0.29) is 17.1 Å². The number of anilines is 1. The third-order valence-corrected chi connectivity index (χ3v) is 4.45. The first-order chi connectivity index (χ1) is 14.1. The minimum atomic E-state index is -1.10. The number of ether oxygens (including phenoxy) is 2. The molecular weight excluding hydrogens is 400 g/mol. The minimum Gasteiger partial charge on any atom is -0.494 e. The fourth-order valence-electron chi connectivity index (χ4n) is 2.66. The molecule has 0 radical (unpaired) electrons. The van der Waals surface area contributed by atoms with Crippen LogP contribution in [0.3, 0.4) is 0 Å². The van der Waals surface area contributed by atoms with Crippen molar-refractivity contribution in [3.8, 4) is 5.75 Å². The van der Waals surface area contributed by atoms with Gasteiger partial charge in [0.05, 0.1) is 17.6 Å². The number of nitrogens with zero attached hydrogens (tertiary/aromatic N) is 2. The summed E-state index contributed by atoms with van der Waals surface area (Å²) in [5, 5.41) is 16.0. The summed E-state index contributed by atoms with van der Waals surface area (Å²) in [5.74, 6) is -2.11. The van der Waals surface area contributed by atoms with Crippen LogP contribution in [0.2, 0.25) is 0 Å². The zero-order chi connectivity index (χ0) is 22.5. The molecule has 0 aromatic heterocycles. The number of benzene rings is 1. The SMILES string of the molecule is CCOc1ccc(NC(=O)COC(=O)CN2C(=O)NC(C)(CC)C2=O)c([N+](=O)[O-])c1. The maximum atomic E-state index is 12.2. The van der Waals surface area contributed by atoms with Gasteiger partial charge in [-0.05, 0) is 32.4 Å². The summed E-state index contributed by atoms with van der Waals surface area (Å²) in [5.41, 5.74) is -1.59. The van der Waals surface area contributed by atoms with Crippen LogP contribution in [0.15, 0.2) is 18.2 Å². The van der Waals surface area contributed by atoms with Crippen molar-refractivity contribution in [3.05, 3.63) is 28.3 Å². The van der Waals surface area contributed by atoms with Crippen molar-refractivity contribution in [2.75, 3.05) is 25.1 Å². The second kappa shape index (κ2) is 9.20. The second-order valence-corrected chi connectivity index (χ2v) is 6.59. The predicted octanol–water partition coefficient (Wildman–Crippen LogP) is 1.20. The molecule has 1 aliphatic heterocycles. The van der Waals surface area contributed by atoms with Gasteiger partial charge in [0.1, 0.15) is 23.5 Å². The Morgan fingerprint density at radius 1 is 1.30 bits per heavy atom. The van der Waals surface area contributed by atoms with E-state index in [2.05, 4.69) is 10.6 Å². The summed E-state index contributed by atoms with van der Waals surface area (Å²) >= 11 is 0. The van der Waals surface area contributed by atoms with Gasteiger partial charge in [-0.2, -0.15) is 0 Å². The van der Waals surface area contributed by atoms with Crippen molar-refractivity contribution < 1.29 is 33.6 Å². The van der Waals surface area contributed by atoms with Crippen LogP contribution in [0.5, 0.6) is 5.75 Å². The fraction of sp³-hybridized carbons (Fsp3) is 0.444. The number of rotatable bonds is 9. The zero-order valence-electron chi connectivity index (χ0n) is 16.7. The minimum absolute atomic E-state index is 0.0997. The Balaban J connectivity index is 1.93. The molecule has 0 saturated carbocycles. The van der Waals surface area contributed by atoms with E-state index in [1.54, 1.807) is 13.8 Å². The zero-order valence-corrected chi connectivity index (χ0v) is 16.7. The summed E-state index contributed by atoms with van der Waals surface area (Å²) < 4.78 is 9.97. The summed E-state index contributed by atoms with van der Waals surface area (Å²) in [6.45, 7) is 3.88. The Hall–Kier alpha value is -3.70. The molecule has 0 bridgehead atoms. The monoisotopic (exact) mass is 422 g/mol. The first kappa shape index (κ1) is 22.6. The molecule has 162 valence electrons. The number of hydrogen-bond acceptors (Lipinski definition) is 8. The molecule has 1 unspecified atom stereocenters. The highest BCUT2D eigenvalue weighted by atomic mass is 16.6. The fourth-order valence-corrected chi connectivity index (χ4v) is 2.66. The lowest BCUT2D eigenvalue weighted by Gasteiger charge is -2.18. The third-order valence-electron chi connectivity index (χ3n) is 4.45. The molecule has 2 N–H and O–H groups in total. The van der Waals surface area contributed by atoms with Crippen molar-refractivity contribution in [2.24, 2.45) is 0 Å². The lowest BCUT2D eigenvalue weighted by Crippen LogP contribution is -2.43. The smallest absolute Gasteiger partial charge is 0.326 e. The van der Waals surface area contributed by atoms with E-state index in [9.17, 15) is 29.3 Å². The Bertz CT molecular complexity index is 887. The summed E-state index contributed by atoms with van der Waals surface area (Å²) in [4.78, 5) is 59.3. The Morgan fingerprint density at radius 3 is 2.57 bits per heavy atom. The second-order valence-electron chi connectivity index (χ2n) is 6.59. The molecule has 1 saturated heterocycles. The molecule has 1 fully saturated rings. The number of carbonyl (C=O) groups is 4. The van der Waals surface area contributed by atoms with Crippen molar-refractivity contribution in [1.29, 1.82) is 0 Å². The number of amides is 4. The molecule has 1 aromatic carbocycles. The van der Waals surface area contributed by atoms with Crippen LogP contribution >= 0.6 is 0 Å². The largest absolute Gasteiger partial charge is 0.494 e. The summed E-state index contributed by atoms with van der Waals surface area (Å²) in [6.07, 6.45) is 0.340. The van der Waals surface area contributed by atoms with E-state index in [0.29, 0.717) is 17.9 Å². The van der Waals surface area contributed by atoms with Gasteiger partial charge in [0.25, 0.3) is 17.5 Å². The molecule has 1 atom stereocenters. The van der Waals surface area contributed by atoms with E-state index in [4.69, 9.17) is 9.47 Å². The molecule has 12 nitrogen and oxygen atoms in total. The molecular formula is C18H22N4O8. The Kier molecular flexibility index (Phi) is 6.93. The normalized spacial score (nSPS) is 18.0.